The fourth-order valence-corrected chi connectivity index (χ4v) is 12.6. The van der Waals surface area contributed by atoms with Crippen molar-refractivity contribution in [2.75, 3.05) is 4.90 Å². The van der Waals surface area contributed by atoms with Crippen LogP contribution in [0.3, 0.4) is 0 Å². The van der Waals surface area contributed by atoms with E-state index < -0.39 is 0 Å². The molecule has 4 saturated carbocycles. The molecule has 0 radical (unpaired) electrons. The van der Waals surface area contributed by atoms with Gasteiger partial charge in [-0.25, -0.2) is 0 Å². The maximum atomic E-state index is 6.32. The van der Waals surface area contributed by atoms with Gasteiger partial charge in [-0.05, 0) is 133 Å². The quantitative estimate of drug-likeness (QED) is 0.189. The number of para-hydroxylation sites is 1. The molecular formula is C46H35NOS. The molecule has 8 aromatic rings. The van der Waals surface area contributed by atoms with Crippen LogP contribution in [0.5, 0.6) is 0 Å². The van der Waals surface area contributed by atoms with Crippen molar-refractivity contribution in [1.82, 2.24) is 0 Å². The normalized spacial score (nSPS) is 24.8. The van der Waals surface area contributed by atoms with E-state index in [1.54, 1.807) is 11.1 Å². The van der Waals surface area contributed by atoms with Crippen molar-refractivity contribution < 1.29 is 4.42 Å². The van der Waals surface area contributed by atoms with Gasteiger partial charge >= 0.3 is 0 Å². The molecule has 4 fully saturated rings. The molecule has 13 rings (SSSR count). The van der Waals surface area contributed by atoms with Crippen molar-refractivity contribution in [3.63, 3.8) is 0 Å². The van der Waals surface area contributed by atoms with Crippen LogP contribution in [0.4, 0.5) is 17.1 Å². The molecule has 49 heavy (non-hydrogen) atoms. The third-order valence-electron chi connectivity index (χ3n) is 13.0. The van der Waals surface area contributed by atoms with E-state index in [9.17, 15) is 0 Å². The lowest BCUT2D eigenvalue weighted by atomic mass is 9.43. The van der Waals surface area contributed by atoms with E-state index in [0.29, 0.717) is 0 Å². The van der Waals surface area contributed by atoms with E-state index in [-0.39, 0.29) is 5.41 Å². The third-order valence-corrected chi connectivity index (χ3v) is 14.2. The molecule has 0 saturated heterocycles. The molecule has 6 aromatic carbocycles. The Morgan fingerprint density at radius 1 is 0.531 bits per heavy atom. The molecule has 0 N–H and O–H groups in total. The molecule has 236 valence electrons. The second-order valence-electron chi connectivity index (χ2n) is 15.3. The summed E-state index contributed by atoms with van der Waals surface area (Å²) >= 11 is 1.89. The SMILES string of the molecule is c1ccc2c(c1)-c1ccc(N(c3ccc4oc5ccccc5c4c3)c3cccc4sc5ccccc5c34)cc1C21C2CC3CC(C2)CC1C3. The van der Waals surface area contributed by atoms with Crippen LogP contribution in [0.2, 0.25) is 0 Å². The summed E-state index contributed by atoms with van der Waals surface area (Å²) in [6.07, 6.45) is 7.02. The standard InChI is InChI=1S/C46H35NOS/c1-4-11-38-33(8-1)34-18-16-32(26-39(34)46(38)29-21-27-20-28(23-29)24-30(46)22-27)47(31-17-19-42-37(25-31)35-9-2-5-13-41(35)48-42)40-12-7-15-44-45(40)36-10-3-6-14-43(36)49-44/h1-19,25-30H,20-24H2. The Morgan fingerprint density at radius 3 is 2.08 bits per heavy atom. The highest BCUT2D eigenvalue weighted by Gasteiger charge is 2.61. The maximum absolute atomic E-state index is 6.32. The summed E-state index contributed by atoms with van der Waals surface area (Å²) in [5, 5.41) is 4.97. The lowest BCUT2D eigenvalue weighted by molar-refractivity contribution is -0.0399. The number of fused-ring (bicyclic) bond motifs is 9. The average molecular weight is 650 g/mol. The smallest absolute Gasteiger partial charge is 0.135 e. The minimum absolute atomic E-state index is 0.118. The zero-order chi connectivity index (χ0) is 31.8. The minimum Gasteiger partial charge on any atom is -0.456 e. The van der Waals surface area contributed by atoms with Gasteiger partial charge in [-0.1, -0.05) is 72.8 Å². The van der Waals surface area contributed by atoms with Crippen molar-refractivity contribution in [1.29, 1.82) is 0 Å². The van der Waals surface area contributed by atoms with E-state index in [1.165, 1.54) is 74.8 Å². The van der Waals surface area contributed by atoms with E-state index in [0.717, 1.165) is 51.3 Å². The Kier molecular flexibility index (Phi) is 5.32. The van der Waals surface area contributed by atoms with Crippen LogP contribution >= 0.6 is 11.3 Å². The first kappa shape index (κ1) is 27.0. The van der Waals surface area contributed by atoms with Crippen molar-refractivity contribution >= 4 is 70.5 Å². The Labute approximate surface area is 289 Å². The van der Waals surface area contributed by atoms with Crippen molar-refractivity contribution in [3.05, 3.63) is 139 Å². The summed E-state index contributed by atoms with van der Waals surface area (Å²) < 4.78 is 8.98. The van der Waals surface area contributed by atoms with E-state index in [1.807, 2.05) is 11.3 Å². The molecule has 5 aliphatic carbocycles. The highest BCUT2D eigenvalue weighted by molar-refractivity contribution is 7.26. The number of furan rings is 1. The lowest BCUT2D eigenvalue weighted by Crippen LogP contribution is -2.55. The number of anilines is 3. The van der Waals surface area contributed by atoms with Crippen LogP contribution in [0, 0.1) is 23.7 Å². The molecule has 4 bridgehead atoms. The van der Waals surface area contributed by atoms with Gasteiger partial charge in [0.1, 0.15) is 11.2 Å². The van der Waals surface area contributed by atoms with Crippen molar-refractivity contribution in [3.8, 4) is 11.1 Å². The summed E-state index contributed by atoms with van der Waals surface area (Å²) in [6.45, 7) is 0. The maximum Gasteiger partial charge on any atom is 0.135 e. The summed E-state index contributed by atoms with van der Waals surface area (Å²) in [5.41, 5.74) is 11.8. The number of hydrogen-bond donors (Lipinski definition) is 0. The Balaban J connectivity index is 1.14. The van der Waals surface area contributed by atoms with Gasteiger partial charge in [-0.3, -0.25) is 0 Å². The highest BCUT2D eigenvalue weighted by atomic mass is 32.1. The van der Waals surface area contributed by atoms with Gasteiger partial charge in [0.05, 0.1) is 5.69 Å². The van der Waals surface area contributed by atoms with Gasteiger partial charge < -0.3 is 9.32 Å². The number of thiophene rings is 1. The first-order valence-electron chi connectivity index (χ1n) is 18.1. The van der Waals surface area contributed by atoms with Crippen LogP contribution in [0.15, 0.2) is 132 Å². The summed E-state index contributed by atoms with van der Waals surface area (Å²) in [7, 11) is 0. The lowest BCUT2D eigenvalue weighted by Gasteiger charge is -2.61. The largest absolute Gasteiger partial charge is 0.456 e. The zero-order valence-corrected chi connectivity index (χ0v) is 28.0. The van der Waals surface area contributed by atoms with E-state index >= 15 is 0 Å². The highest BCUT2D eigenvalue weighted by Crippen LogP contribution is 2.69. The molecule has 3 heteroatoms. The third kappa shape index (κ3) is 3.51. The predicted molar refractivity (Wildman–Crippen MR) is 205 cm³/mol. The van der Waals surface area contributed by atoms with Gasteiger partial charge in [-0.15, -0.1) is 11.3 Å². The van der Waals surface area contributed by atoms with Gasteiger partial charge in [-0.2, -0.15) is 0 Å². The summed E-state index contributed by atoms with van der Waals surface area (Å²) in [4.78, 5) is 2.55. The van der Waals surface area contributed by atoms with E-state index in [2.05, 4.69) is 132 Å². The second-order valence-corrected chi connectivity index (χ2v) is 16.4. The molecule has 2 heterocycles. The van der Waals surface area contributed by atoms with Crippen LogP contribution in [-0.2, 0) is 5.41 Å². The molecule has 0 aliphatic heterocycles. The Hall–Kier alpha value is -4.86. The molecule has 0 amide bonds. The molecule has 0 unspecified atom stereocenters. The molecule has 1 spiro atoms. The van der Waals surface area contributed by atoms with Crippen LogP contribution in [0.25, 0.3) is 53.2 Å². The molecule has 0 atom stereocenters. The molecule has 2 aromatic heterocycles. The fraction of sp³-hybridized carbons (Fsp3) is 0.217. The minimum atomic E-state index is 0.118. The Morgan fingerprint density at radius 2 is 1.20 bits per heavy atom. The summed E-state index contributed by atoms with van der Waals surface area (Å²) in [6, 6.07) is 47.9. The van der Waals surface area contributed by atoms with Gasteiger partial charge in [0, 0.05) is 47.7 Å². The predicted octanol–water partition coefficient (Wildman–Crippen LogP) is 13.1. The van der Waals surface area contributed by atoms with Crippen LogP contribution in [0.1, 0.15) is 43.2 Å². The number of benzene rings is 6. The fourth-order valence-electron chi connectivity index (χ4n) is 11.5. The van der Waals surface area contributed by atoms with Gasteiger partial charge in [0.25, 0.3) is 0 Å². The number of hydrogen-bond acceptors (Lipinski definition) is 3. The average Bonchev–Trinajstić information content (AvgIpc) is 3.79. The van der Waals surface area contributed by atoms with Crippen LogP contribution < -0.4 is 4.90 Å². The first-order valence-corrected chi connectivity index (χ1v) is 18.9. The molecular weight excluding hydrogens is 615 g/mol. The zero-order valence-electron chi connectivity index (χ0n) is 27.2. The molecule has 2 nitrogen and oxygen atoms in total. The first-order chi connectivity index (χ1) is 24.2. The second kappa shape index (κ2) is 9.64. The molecule has 5 aliphatic rings. The summed E-state index contributed by atoms with van der Waals surface area (Å²) in [5.74, 6) is 3.30. The van der Waals surface area contributed by atoms with Crippen LogP contribution in [-0.4, -0.2) is 0 Å². The topological polar surface area (TPSA) is 16.4 Å². The number of nitrogens with zero attached hydrogens (tertiary/aromatic N) is 1. The monoisotopic (exact) mass is 649 g/mol. The van der Waals surface area contributed by atoms with Crippen molar-refractivity contribution in [2.24, 2.45) is 23.7 Å². The van der Waals surface area contributed by atoms with Gasteiger partial charge in [0.15, 0.2) is 0 Å². The van der Waals surface area contributed by atoms with E-state index in [4.69, 9.17) is 4.42 Å². The van der Waals surface area contributed by atoms with Crippen molar-refractivity contribution in [2.45, 2.75) is 37.5 Å². The number of rotatable bonds is 3. The van der Waals surface area contributed by atoms with Gasteiger partial charge in [0.2, 0.25) is 0 Å². The Bertz CT molecular complexity index is 2630.